The van der Waals surface area contributed by atoms with Gasteiger partial charge in [-0.15, -0.1) is 0 Å². The fourth-order valence-corrected chi connectivity index (χ4v) is 5.33. The SMILES string of the molecule is CC(C)(C)OC(=O)N1CCCC1c1cc(-c2cnc(N)c(-c3ccnc(F)c3)n2)ccc1C1CCOCC1. The molecule has 3 aromatic rings. The van der Waals surface area contributed by atoms with E-state index in [0.717, 1.165) is 50.0 Å². The molecular formula is C29H34FN5O3. The second-order valence-corrected chi connectivity index (χ2v) is 10.9. The van der Waals surface area contributed by atoms with Crippen LogP contribution in [0.2, 0.25) is 0 Å². The zero-order chi connectivity index (χ0) is 26.9. The van der Waals surface area contributed by atoms with Gasteiger partial charge in [0.25, 0.3) is 0 Å². The molecule has 0 spiro atoms. The number of hydrogen-bond acceptors (Lipinski definition) is 7. The van der Waals surface area contributed by atoms with E-state index in [2.05, 4.69) is 22.1 Å². The standard InChI is InChI=1S/C29H34FN5O3/c1-29(2,3)38-28(36)35-12-4-5-24(35)22-15-19(6-7-21(22)18-9-13-37-14-10-18)23-17-33-27(31)26(34-23)20-8-11-32-25(30)16-20/h6-8,11,15-18,24H,4-5,9-10,12-14H2,1-3H3,(H2,31,33). The number of aromatic nitrogens is 3. The van der Waals surface area contributed by atoms with Gasteiger partial charge in [-0.1, -0.05) is 12.1 Å². The van der Waals surface area contributed by atoms with Crippen molar-refractivity contribution < 1.29 is 18.7 Å². The molecule has 2 fully saturated rings. The van der Waals surface area contributed by atoms with Gasteiger partial charge in [-0.3, -0.25) is 0 Å². The van der Waals surface area contributed by atoms with Gasteiger partial charge in [0, 0.05) is 43.1 Å². The monoisotopic (exact) mass is 519 g/mol. The normalized spacial score (nSPS) is 18.5. The summed E-state index contributed by atoms with van der Waals surface area (Å²) in [4.78, 5) is 27.8. The number of likely N-dealkylation sites (tertiary alicyclic amines) is 1. The number of hydrogen-bond donors (Lipinski definition) is 1. The van der Waals surface area contributed by atoms with Crippen LogP contribution in [0.5, 0.6) is 0 Å². The van der Waals surface area contributed by atoms with E-state index in [4.69, 9.17) is 20.2 Å². The summed E-state index contributed by atoms with van der Waals surface area (Å²) in [7, 11) is 0. The van der Waals surface area contributed by atoms with Crippen LogP contribution >= 0.6 is 0 Å². The first-order chi connectivity index (χ1) is 18.2. The summed E-state index contributed by atoms with van der Waals surface area (Å²) in [5.41, 5.74) is 10.3. The van der Waals surface area contributed by atoms with E-state index in [1.165, 1.54) is 17.8 Å². The Morgan fingerprint density at radius 2 is 1.87 bits per heavy atom. The van der Waals surface area contributed by atoms with Crippen molar-refractivity contribution in [3.8, 4) is 22.5 Å². The predicted octanol–water partition coefficient (Wildman–Crippen LogP) is 5.89. The summed E-state index contributed by atoms with van der Waals surface area (Å²) < 4.78 is 25.2. The van der Waals surface area contributed by atoms with Crippen molar-refractivity contribution in [1.29, 1.82) is 0 Å². The smallest absolute Gasteiger partial charge is 0.410 e. The summed E-state index contributed by atoms with van der Waals surface area (Å²) in [5.74, 6) is -0.0484. The highest BCUT2D eigenvalue weighted by Gasteiger charge is 2.35. The molecule has 1 amide bonds. The van der Waals surface area contributed by atoms with Crippen LogP contribution in [0.1, 0.15) is 69.5 Å². The molecule has 200 valence electrons. The van der Waals surface area contributed by atoms with Crippen LogP contribution in [-0.4, -0.2) is 51.3 Å². The van der Waals surface area contributed by atoms with E-state index in [1.54, 1.807) is 12.3 Å². The maximum absolute atomic E-state index is 13.8. The number of benzene rings is 1. The number of nitrogens with zero attached hydrogens (tertiary/aromatic N) is 4. The molecule has 8 nitrogen and oxygen atoms in total. The lowest BCUT2D eigenvalue weighted by molar-refractivity contribution is 0.0222. The molecule has 2 N–H and O–H groups in total. The highest BCUT2D eigenvalue weighted by molar-refractivity contribution is 5.74. The van der Waals surface area contributed by atoms with Gasteiger partial charge in [0.1, 0.15) is 17.1 Å². The molecular weight excluding hydrogens is 485 g/mol. The Morgan fingerprint density at radius 3 is 2.61 bits per heavy atom. The number of rotatable bonds is 4. The molecule has 2 aliphatic rings. The molecule has 2 saturated heterocycles. The van der Waals surface area contributed by atoms with Crippen LogP contribution in [0, 0.1) is 5.95 Å². The fraction of sp³-hybridized carbons (Fsp3) is 0.448. The van der Waals surface area contributed by atoms with E-state index in [1.807, 2.05) is 31.7 Å². The van der Waals surface area contributed by atoms with E-state index in [9.17, 15) is 9.18 Å². The molecule has 2 aliphatic heterocycles. The molecule has 0 aliphatic carbocycles. The Morgan fingerprint density at radius 1 is 1.08 bits per heavy atom. The maximum atomic E-state index is 13.8. The Balaban J connectivity index is 1.56. The van der Waals surface area contributed by atoms with Crippen molar-refractivity contribution >= 4 is 11.9 Å². The third-order valence-electron chi connectivity index (χ3n) is 7.08. The zero-order valence-corrected chi connectivity index (χ0v) is 22.1. The molecule has 0 radical (unpaired) electrons. The molecule has 1 atom stereocenters. The largest absolute Gasteiger partial charge is 0.444 e. The molecule has 1 unspecified atom stereocenters. The first-order valence-corrected chi connectivity index (χ1v) is 13.2. The van der Waals surface area contributed by atoms with E-state index in [-0.39, 0.29) is 18.0 Å². The van der Waals surface area contributed by atoms with Crippen LogP contribution in [0.15, 0.2) is 42.7 Å². The maximum Gasteiger partial charge on any atom is 0.410 e. The van der Waals surface area contributed by atoms with Crippen LogP contribution in [-0.2, 0) is 9.47 Å². The van der Waals surface area contributed by atoms with Gasteiger partial charge in [0.2, 0.25) is 5.95 Å². The first-order valence-electron chi connectivity index (χ1n) is 13.2. The molecule has 1 aromatic carbocycles. The molecule has 2 aromatic heterocycles. The number of anilines is 1. The minimum Gasteiger partial charge on any atom is -0.444 e. The first kappa shape index (κ1) is 26.0. The quantitative estimate of drug-likeness (QED) is 0.429. The van der Waals surface area contributed by atoms with E-state index < -0.39 is 11.5 Å². The Kier molecular flexibility index (Phi) is 7.29. The lowest BCUT2D eigenvalue weighted by Crippen LogP contribution is -2.36. The van der Waals surface area contributed by atoms with Gasteiger partial charge in [0.15, 0.2) is 0 Å². The second kappa shape index (κ2) is 10.6. The van der Waals surface area contributed by atoms with Crippen LogP contribution in [0.25, 0.3) is 22.5 Å². The number of amides is 1. The third-order valence-corrected chi connectivity index (χ3v) is 7.08. The molecule has 38 heavy (non-hydrogen) atoms. The fourth-order valence-electron chi connectivity index (χ4n) is 5.33. The van der Waals surface area contributed by atoms with Gasteiger partial charge in [-0.05, 0) is 75.6 Å². The van der Waals surface area contributed by atoms with Crippen molar-refractivity contribution in [1.82, 2.24) is 19.9 Å². The van der Waals surface area contributed by atoms with Crippen LogP contribution < -0.4 is 5.73 Å². The van der Waals surface area contributed by atoms with Crippen molar-refractivity contribution in [2.24, 2.45) is 0 Å². The predicted molar refractivity (Wildman–Crippen MR) is 143 cm³/mol. The van der Waals surface area contributed by atoms with Gasteiger partial charge >= 0.3 is 6.09 Å². The van der Waals surface area contributed by atoms with E-state index >= 15 is 0 Å². The summed E-state index contributed by atoms with van der Waals surface area (Å²) in [6, 6.07) is 9.16. The number of ether oxygens (including phenoxy) is 2. The molecule has 0 saturated carbocycles. The van der Waals surface area contributed by atoms with Gasteiger partial charge in [-0.2, -0.15) is 4.39 Å². The topological polar surface area (TPSA) is 103 Å². The Hall–Kier alpha value is -3.59. The average molecular weight is 520 g/mol. The van der Waals surface area contributed by atoms with Gasteiger partial charge < -0.3 is 20.1 Å². The molecule has 5 rings (SSSR count). The minimum absolute atomic E-state index is 0.0989. The van der Waals surface area contributed by atoms with Crippen molar-refractivity contribution in [3.63, 3.8) is 0 Å². The number of halogens is 1. The summed E-state index contributed by atoms with van der Waals surface area (Å²) in [5, 5.41) is 0. The number of nitrogen functional groups attached to an aromatic ring is 1. The summed E-state index contributed by atoms with van der Waals surface area (Å²) >= 11 is 0. The van der Waals surface area contributed by atoms with Gasteiger partial charge in [-0.25, -0.2) is 19.7 Å². The molecule has 0 bridgehead atoms. The number of carbonyl (C=O) groups excluding carboxylic acids is 1. The summed E-state index contributed by atoms with van der Waals surface area (Å²) in [6.45, 7) is 7.75. The molecule has 9 heteroatoms. The lowest BCUT2D eigenvalue weighted by Gasteiger charge is -2.32. The lowest BCUT2D eigenvalue weighted by atomic mass is 9.84. The van der Waals surface area contributed by atoms with Crippen LogP contribution in [0.4, 0.5) is 15.0 Å². The van der Waals surface area contributed by atoms with E-state index in [0.29, 0.717) is 29.4 Å². The zero-order valence-electron chi connectivity index (χ0n) is 22.1. The van der Waals surface area contributed by atoms with Crippen molar-refractivity contribution in [3.05, 3.63) is 59.8 Å². The summed E-state index contributed by atoms with van der Waals surface area (Å²) in [6.07, 6.45) is 6.34. The highest BCUT2D eigenvalue weighted by atomic mass is 19.1. The third kappa shape index (κ3) is 5.62. The van der Waals surface area contributed by atoms with Crippen molar-refractivity contribution in [2.45, 2.75) is 64.0 Å². The van der Waals surface area contributed by atoms with Crippen molar-refractivity contribution in [2.75, 3.05) is 25.5 Å². The molecule has 4 heterocycles. The number of nitrogens with two attached hydrogens (primary N) is 1. The minimum atomic E-state index is -0.610. The number of pyridine rings is 1. The number of carbonyl (C=O) groups is 1. The van der Waals surface area contributed by atoms with Crippen LogP contribution in [0.3, 0.4) is 0 Å². The van der Waals surface area contributed by atoms with Gasteiger partial charge in [0.05, 0.1) is 17.9 Å². The Bertz CT molecular complexity index is 1320. The highest BCUT2D eigenvalue weighted by Crippen LogP contribution is 2.41. The second-order valence-electron chi connectivity index (χ2n) is 10.9. The Labute approximate surface area is 222 Å². The average Bonchev–Trinajstić information content (AvgIpc) is 3.38.